The number of rotatable bonds is 8. The highest BCUT2D eigenvalue weighted by Crippen LogP contribution is 2.38. The molecule has 0 atom stereocenters. The van der Waals surface area contributed by atoms with Crippen LogP contribution >= 0.6 is 39.9 Å². The molecule has 2 aromatic rings. The molecule has 1 heterocycles. The van der Waals surface area contributed by atoms with Crippen molar-refractivity contribution >= 4 is 61.9 Å². The van der Waals surface area contributed by atoms with Crippen molar-refractivity contribution in [2.75, 3.05) is 13.7 Å². The number of carbonyl (C=O) groups excluding carboxylic acids is 1. The molecule has 7 nitrogen and oxygen atoms in total. The van der Waals surface area contributed by atoms with Gasteiger partial charge < -0.3 is 9.47 Å². The first kappa shape index (κ1) is 23.0. The van der Waals surface area contributed by atoms with Gasteiger partial charge >= 0.3 is 0 Å². The van der Waals surface area contributed by atoms with Crippen LogP contribution in [-0.4, -0.2) is 33.7 Å². The Morgan fingerprint density at radius 1 is 1.29 bits per heavy atom. The Morgan fingerprint density at radius 2 is 2.00 bits per heavy atom. The minimum absolute atomic E-state index is 0.0203. The molecule has 3 rings (SSSR count). The van der Waals surface area contributed by atoms with Gasteiger partial charge in [-0.25, -0.2) is 0 Å². The quantitative estimate of drug-likeness (QED) is 0.153. The van der Waals surface area contributed by atoms with Crippen LogP contribution in [0.25, 0.3) is 6.08 Å². The summed E-state index contributed by atoms with van der Waals surface area (Å²) >= 11 is 10.0. The van der Waals surface area contributed by atoms with Crippen LogP contribution in [0.3, 0.4) is 0 Å². The zero-order valence-electron chi connectivity index (χ0n) is 16.4. The lowest BCUT2D eigenvalue weighted by Gasteiger charge is -2.13. The maximum absolute atomic E-state index is 12.6. The van der Waals surface area contributed by atoms with Crippen LogP contribution in [0, 0.1) is 10.1 Å². The first-order valence-electron chi connectivity index (χ1n) is 8.94. The van der Waals surface area contributed by atoms with E-state index in [-0.39, 0.29) is 18.2 Å². The first-order chi connectivity index (χ1) is 14.8. The van der Waals surface area contributed by atoms with E-state index in [1.165, 1.54) is 35.9 Å². The van der Waals surface area contributed by atoms with Gasteiger partial charge in [0.05, 0.1) is 16.9 Å². The Hall–Kier alpha value is -2.69. The second kappa shape index (κ2) is 10.1. The summed E-state index contributed by atoms with van der Waals surface area (Å²) in [6, 6.07) is 9.64. The van der Waals surface area contributed by atoms with Crippen molar-refractivity contribution in [2.45, 2.75) is 6.61 Å². The topological polar surface area (TPSA) is 81.9 Å². The average molecular weight is 521 g/mol. The fourth-order valence-corrected chi connectivity index (χ4v) is 4.44. The zero-order chi connectivity index (χ0) is 22.5. The van der Waals surface area contributed by atoms with Gasteiger partial charge in [0.1, 0.15) is 10.9 Å². The molecule has 0 aromatic heterocycles. The van der Waals surface area contributed by atoms with Gasteiger partial charge in [-0.05, 0) is 41.5 Å². The summed E-state index contributed by atoms with van der Waals surface area (Å²) in [5.41, 5.74) is 1.53. The van der Waals surface area contributed by atoms with E-state index in [9.17, 15) is 14.9 Å². The molecule has 0 bridgehead atoms. The monoisotopic (exact) mass is 520 g/mol. The lowest BCUT2D eigenvalue weighted by molar-refractivity contribution is -0.384. The second-order valence-electron chi connectivity index (χ2n) is 6.32. The van der Waals surface area contributed by atoms with Crippen molar-refractivity contribution in [2.24, 2.45) is 0 Å². The van der Waals surface area contributed by atoms with Crippen LogP contribution in [0.5, 0.6) is 11.5 Å². The normalized spacial score (nSPS) is 14.8. The number of benzene rings is 2. The van der Waals surface area contributed by atoms with Gasteiger partial charge in [-0.15, -0.1) is 6.58 Å². The summed E-state index contributed by atoms with van der Waals surface area (Å²) in [5.74, 6) is 0.807. The molecule has 0 spiro atoms. The predicted molar refractivity (Wildman–Crippen MR) is 128 cm³/mol. The molecule has 0 N–H and O–H groups in total. The summed E-state index contributed by atoms with van der Waals surface area (Å²) < 4.78 is 12.5. The number of halogens is 1. The van der Waals surface area contributed by atoms with Crippen LogP contribution < -0.4 is 9.47 Å². The number of nitro groups is 1. The number of hydrogen-bond acceptors (Lipinski definition) is 7. The lowest BCUT2D eigenvalue weighted by atomic mass is 10.1. The van der Waals surface area contributed by atoms with Crippen molar-refractivity contribution in [1.29, 1.82) is 0 Å². The molecule has 0 radical (unpaired) electrons. The number of non-ortho nitro benzene ring substituents is 1. The molecule has 1 aliphatic heterocycles. The van der Waals surface area contributed by atoms with E-state index in [1.807, 2.05) is 0 Å². The van der Waals surface area contributed by atoms with Gasteiger partial charge in [0.2, 0.25) is 0 Å². The van der Waals surface area contributed by atoms with Crippen LogP contribution in [-0.2, 0) is 11.4 Å². The van der Waals surface area contributed by atoms with E-state index >= 15 is 0 Å². The number of thiocarbonyl (C=S) groups is 1. The summed E-state index contributed by atoms with van der Waals surface area (Å²) in [4.78, 5) is 24.9. The van der Waals surface area contributed by atoms with Gasteiger partial charge in [-0.3, -0.25) is 19.8 Å². The molecule has 160 valence electrons. The number of thioether (sulfide) groups is 1. The molecule has 31 heavy (non-hydrogen) atoms. The van der Waals surface area contributed by atoms with Crippen LogP contribution in [0.1, 0.15) is 11.1 Å². The fraction of sp³-hybridized carbons (Fsp3) is 0.143. The number of methoxy groups -OCH3 is 1. The van der Waals surface area contributed by atoms with Crippen LogP contribution in [0.2, 0.25) is 0 Å². The van der Waals surface area contributed by atoms with Gasteiger partial charge in [-0.2, -0.15) is 0 Å². The molecular formula is C21H17BrN2O5S2. The molecule has 0 aliphatic carbocycles. The maximum Gasteiger partial charge on any atom is 0.269 e. The zero-order valence-corrected chi connectivity index (χ0v) is 19.6. The summed E-state index contributed by atoms with van der Waals surface area (Å²) in [5, 5.41) is 10.8. The highest BCUT2D eigenvalue weighted by molar-refractivity contribution is 9.10. The number of ether oxygens (including phenoxy) is 2. The standard InChI is InChI=1S/C21H17BrN2O5S2/c1-3-8-23-20(25)19(31-21(23)30)10-14-9-17(28-2)18(11-16(14)22)29-12-13-4-6-15(7-5-13)24(26)27/h3-7,9-11H,1,8,12H2,2H3/b19-10-. The lowest BCUT2D eigenvalue weighted by Crippen LogP contribution is -2.27. The fourth-order valence-electron chi connectivity index (χ4n) is 2.74. The summed E-state index contributed by atoms with van der Waals surface area (Å²) in [6.07, 6.45) is 3.37. The van der Waals surface area contributed by atoms with E-state index < -0.39 is 4.92 Å². The molecule has 1 fully saturated rings. The Bertz CT molecular complexity index is 1090. The minimum atomic E-state index is -0.450. The van der Waals surface area contributed by atoms with Gasteiger partial charge in [0.25, 0.3) is 11.6 Å². The number of hydrogen-bond donors (Lipinski definition) is 0. The maximum atomic E-state index is 12.6. The van der Waals surface area contributed by atoms with Gasteiger partial charge in [0, 0.05) is 23.2 Å². The Kier molecular flexibility index (Phi) is 7.47. The summed E-state index contributed by atoms with van der Waals surface area (Å²) in [6.45, 7) is 4.22. The van der Waals surface area contributed by atoms with E-state index in [1.54, 1.807) is 36.4 Å². The van der Waals surface area contributed by atoms with Crippen molar-refractivity contribution in [3.8, 4) is 11.5 Å². The van der Waals surface area contributed by atoms with E-state index in [4.69, 9.17) is 21.7 Å². The number of nitro benzene ring substituents is 1. The Morgan fingerprint density at radius 3 is 2.61 bits per heavy atom. The van der Waals surface area contributed by atoms with Gasteiger partial charge in [0.15, 0.2) is 11.5 Å². The van der Waals surface area contributed by atoms with E-state index in [2.05, 4.69) is 22.5 Å². The molecule has 1 saturated heterocycles. The molecular weight excluding hydrogens is 504 g/mol. The van der Waals surface area contributed by atoms with Crippen LogP contribution in [0.15, 0.2) is 58.4 Å². The van der Waals surface area contributed by atoms with Gasteiger partial charge in [-0.1, -0.05) is 46.0 Å². The average Bonchev–Trinajstić information content (AvgIpc) is 3.01. The SMILES string of the molecule is C=CCN1C(=O)/C(=C/c2cc(OC)c(OCc3ccc([N+](=O)[O-])cc3)cc2Br)SC1=S. The molecule has 0 saturated carbocycles. The number of carbonyl (C=O) groups is 1. The van der Waals surface area contributed by atoms with Crippen molar-refractivity contribution < 1.29 is 19.2 Å². The smallest absolute Gasteiger partial charge is 0.269 e. The van der Waals surface area contributed by atoms with Crippen molar-refractivity contribution in [3.63, 3.8) is 0 Å². The third-order valence-electron chi connectivity index (χ3n) is 4.30. The Labute approximate surface area is 197 Å². The summed E-state index contributed by atoms with van der Waals surface area (Å²) in [7, 11) is 1.52. The first-order valence-corrected chi connectivity index (χ1v) is 11.0. The third-order valence-corrected chi connectivity index (χ3v) is 6.36. The minimum Gasteiger partial charge on any atom is -0.493 e. The number of amides is 1. The molecule has 10 heteroatoms. The van der Waals surface area contributed by atoms with Crippen molar-refractivity contribution in [1.82, 2.24) is 4.90 Å². The largest absolute Gasteiger partial charge is 0.493 e. The highest BCUT2D eigenvalue weighted by atomic mass is 79.9. The second-order valence-corrected chi connectivity index (χ2v) is 8.85. The van der Waals surface area contributed by atoms with E-state index in [0.29, 0.717) is 31.7 Å². The predicted octanol–water partition coefficient (Wildman–Crippen LogP) is 5.33. The Balaban J connectivity index is 1.80. The highest BCUT2D eigenvalue weighted by Gasteiger charge is 2.31. The third kappa shape index (κ3) is 5.33. The molecule has 1 amide bonds. The van der Waals surface area contributed by atoms with Crippen molar-refractivity contribution in [3.05, 3.63) is 79.7 Å². The molecule has 2 aromatic carbocycles. The molecule has 0 unspecified atom stereocenters. The molecule has 1 aliphatic rings. The van der Waals surface area contributed by atoms with Crippen LogP contribution in [0.4, 0.5) is 5.69 Å². The van der Waals surface area contributed by atoms with E-state index in [0.717, 1.165) is 11.1 Å². The number of nitrogens with zero attached hydrogens (tertiary/aromatic N) is 2.